The monoisotopic (exact) mass is 632 g/mol. The number of hydrogen-bond acceptors (Lipinski definition) is 10. The zero-order valence-corrected chi connectivity index (χ0v) is 26.1. The van der Waals surface area contributed by atoms with E-state index in [1.54, 1.807) is 0 Å². The van der Waals surface area contributed by atoms with Gasteiger partial charge < -0.3 is 35.3 Å². The van der Waals surface area contributed by atoms with Crippen LogP contribution in [-0.4, -0.2) is 113 Å². The highest BCUT2D eigenvalue weighted by molar-refractivity contribution is 7.89. The fourth-order valence-corrected chi connectivity index (χ4v) is 6.69. The van der Waals surface area contributed by atoms with Crippen LogP contribution >= 0.6 is 0 Å². The van der Waals surface area contributed by atoms with Crippen LogP contribution in [0.4, 0.5) is 0 Å². The summed E-state index contributed by atoms with van der Waals surface area (Å²) in [5.74, 6) is -0.944. The second kappa shape index (κ2) is 16.4. The lowest BCUT2D eigenvalue weighted by Gasteiger charge is -2.32. The van der Waals surface area contributed by atoms with E-state index in [2.05, 4.69) is 16.0 Å². The summed E-state index contributed by atoms with van der Waals surface area (Å²) in [6, 6.07) is 13.6. The number of morpholine rings is 2. The van der Waals surface area contributed by atoms with E-state index in [1.807, 2.05) is 44.2 Å². The summed E-state index contributed by atoms with van der Waals surface area (Å²) < 4.78 is 45.2. The van der Waals surface area contributed by atoms with Crippen LogP contribution in [0.25, 0.3) is 0 Å². The predicted octanol–water partition coefficient (Wildman–Crippen LogP) is 0.555. The van der Waals surface area contributed by atoms with Crippen LogP contribution in [0.1, 0.15) is 29.8 Å². The van der Waals surface area contributed by atoms with E-state index >= 15 is 0 Å². The molecule has 0 radical (unpaired) electrons. The molecule has 0 aliphatic carbocycles. The summed E-state index contributed by atoms with van der Waals surface area (Å²) in [5, 5.41) is 20.6. The average molecular weight is 633 g/mol. The molecule has 2 heterocycles. The standard InChI is InChI=1S/C31H44N4O8S/c1-22(2)18-35(44(39,40)26-10-8-24(9-11-26)31(38)43-20-25-17-32-12-15-42-25)19-29(36)27(16-23-6-4-3-5-7-23)34-30(37)28-21-41-14-13-33-28/h3-11,22,25,27-29,32-33,36H,12-21H2,1-2H3,(H,34,37)/t25-,27+,28+,29-/m1/s1. The van der Waals surface area contributed by atoms with Gasteiger partial charge in [0.05, 0.1) is 42.4 Å². The maximum absolute atomic E-state index is 13.8. The van der Waals surface area contributed by atoms with Gasteiger partial charge in [-0.3, -0.25) is 4.79 Å². The molecule has 4 N–H and O–H groups in total. The van der Waals surface area contributed by atoms with Crippen molar-refractivity contribution in [2.24, 2.45) is 5.92 Å². The Kier molecular flexibility index (Phi) is 12.7. The van der Waals surface area contributed by atoms with E-state index in [-0.39, 0.29) is 54.7 Å². The van der Waals surface area contributed by atoms with E-state index < -0.39 is 34.2 Å². The molecule has 2 aliphatic rings. The maximum Gasteiger partial charge on any atom is 0.338 e. The van der Waals surface area contributed by atoms with Crippen molar-refractivity contribution in [3.05, 3.63) is 65.7 Å². The van der Waals surface area contributed by atoms with Crippen molar-refractivity contribution in [2.75, 3.05) is 59.2 Å². The van der Waals surface area contributed by atoms with Crippen molar-refractivity contribution in [3.8, 4) is 0 Å². The first kappa shape index (κ1) is 34.0. The highest BCUT2D eigenvalue weighted by Crippen LogP contribution is 2.20. The zero-order valence-electron chi connectivity index (χ0n) is 25.3. The zero-order chi connectivity index (χ0) is 31.5. The van der Waals surface area contributed by atoms with E-state index in [0.29, 0.717) is 32.7 Å². The number of sulfonamides is 1. The molecule has 242 valence electrons. The smallest absolute Gasteiger partial charge is 0.338 e. The number of ether oxygens (including phenoxy) is 3. The summed E-state index contributed by atoms with van der Waals surface area (Å²) in [4.78, 5) is 25.6. The second-order valence-corrected chi connectivity index (χ2v) is 13.4. The molecule has 2 saturated heterocycles. The van der Waals surface area contributed by atoms with Gasteiger partial charge in [0.25, 0.3) is 0 Å². The molecule has 2 aliphatic heterocycles. The van der Waals surface area contributed by atoms with Crippen LogP contribution in [0.15, 0.2) is 59.5 Å². The van der Waals surface area contributed by atoms with Crippen molar-refractivity contribution in [1.82, 2.24) is 20.3 Å². The lowest BCUT2D eigenvalue weighted by Crippen LogP contribution is -2.57. The van der Waals surface area contributed by atoms with Crippen LogP contribution < -0.4 is 16.0 Å². The predicted molar refractivity (Wildman–Crippen MR) is 164 cm³/mol. The van der Waals surface area contributed by atoms with Crippen LogP contribution in [0.3, 0.4) is 0 Å². The quantitative estimate of drug-likeness (QED) is 0.217. The molecule has 2 aromatic rings. The Labute approximate surface area is 259 Å². The molecule has 0 unspecified atom stereocenters. The van der Waals surface area contributed by atoms with Crippen LogP contribution in [0.5, 0.6) is 0 Å². The van der Waals surface area contributed by atoms with Crippen molar-refractivity contribution < 1.29 is 37.3 Å². The maximum atomic E-state index is 13.8. The van der Waals surface area contributed by atoms with Gasteiger partial charge in [0.15, 0.2) is 0 Å². The fourth-order valence-electron chi connectivity index (χ4n) is 5.07. The highest BCUT2D eigenvalue weighted by atomic mass is 32.2. The molecule has 0 bridgehead atoms. The van der Waals surface area contributed by atoms with E-state index in [9.17, 15) is 23.1 Å². The molecule has 0 spiro atoms. The lowest BCUT2D eigenvalue weighted by molar-refractivity contribution is -0.127. The van der Waals surface area contributed by atoms with Crippen molar-refractivity contribution >= 4 is 21.9 Å². The van der Waals surface area contributed by atoms with Gasteiger partial charge in [0.2, 0.25) is 15.9 Å². The third kappa shape index (κ3) is 9.80. The number of rotatable bonds is 14. The molecule has 0 aromatic heterocycles. The molecule has 2 fully saturated rings. The first-order valence-electron chi connectivity index (χ1n) is 15.1. The minimum Gasteiger partial charge on any atom is -0.459 e. The highest BCUT2D eigenvalue weighted by Gasteiger charge is 2.33. The molecular weight excluding hydrogens is 588 g/mol. The van der Waals surface area contributed by atoms with E-state index in [0.717, 1.165) is 12.1 Å². The molecule has 44 heavy (non-hydrogen) atoms. The third-order valence-corrected chi connectivity index (χ3v) is 9.27. The Balaban J connectivity index is 1.47. The number of hydrogen-bond donors (Lipinski definition) is 4. The molecule has 13 heteroatoms. The Bertz CT molecular complexity index is 1300. The topological polar surface area (TPSA) is 156 Å². The number of benzene rings is 2. The van der Waals surface area contributed by atoms with Gasteiger partial charge in [0.1, 0.15) is 18.8 Å². The number of nitrogens with zero attached hydrogens (tertiary/aromatic N) is 1. The number of aliphatic hydroxyl groups excluding tert-OH is 1. The van der Waals surface area contributed by atoms with Crippen LogP contribution in [0.2, 0.25) is 0 Å². The van der Waals surface area contributed by atoms with Gasteiger partial charge in [-0.25, -0.2) is 13.2 Å². The Hall–Kier alpha value is -2.91. The van der Waals surface area contributed by atoms with Gasteiger partial charge in [-0.2, -0.15) is 4.31 Å². The number of aliphatic hydroxyl groups is 1. The van der Waals surface area contributed by atoms with Crippen molar-refractivity contribution in [2.45, 2.75) is 49.5 Å². The first-order chi connectivity index (χ1) is 21.1. The molecule has 4 rings (SSSR count). The largest absolute Gasteiger partial charge is 0.459 e. The molecule has 0 saturated carbocycles. The van der Waals surface area contributed by atoms with E-state index in [4.69, 9.17) is 14.2 Å². The summed E-state index contributed by atoms with van der Waals surface area (Å²) in [7, 11) is -4.07. The Morgan fingerprint density at radius 1 is 1.07 bits per heavy atom. The fraction of sp³-hybridized carbons (Fsp3) is 0.548. The molecule has 12 nitrogen and oxygen atoms in total. The summed E-state index contributed by atoms with van der Waals surface area (Å²) >= 11 is 0. The van der Waals surface area contributed by atoms with Gasteiger partial charge in [-0.05, 0) is 42.2 Å². The first-order valence-corrected chi connectivity index (χ1v) is 16.5. The number of carbonyl (C=O) groups is 2. The molecule has 1 amide bonds. The number of carbonyl (C=O) groups excluding carboxylic acids is 2. The normalized spacial score (nSPS) is 20.7. The minimum absolute atomic E-state index is 0.0195. The van der Waals surface area contributed by atoms with Crippen molar-refractivity contribution in [3.63, 3.8) is 0 Å². The summed E-state index contributed by atoms with van der Waals surface area (Å²) in [6.07, 6.45) is -1.15. The average Bonchev–Trinajstić information content (AvgIpc) is 3.04. The van der Waals surface area contributed by atoms with Gasteiger partial charge >= 0.3 is 5.97 Å². The van der Waals surface area contributed by atoms with Gasteiger partial charge in [0, 0.05) is 32.7 Å². The Morgan fingerprint density at radius 3 is 2.45 bits per heavy atom. The summed E-state index contributed by atoms with van der Waals surface area (Å²) in [6.45, 7) is 6.90. The van der Waals surface area contributed by atoms with Crippen molar-refractivity contribution in [1.29, 1.82) is 0 Å². The van der Waals surface area contributed by atoms with Gasteiger partial charge in [-0.1, -0.05) is 44.2 Å². The van der Waals surface area contributed by atoms with Crippen LogP contribution in [0, 0.1) is 5.92 Å². The molecule has 4 atom stereocenters. The molecule has 2 aromatic carbocycles. The molecular formula is C31H44N4O8S. The second-order valence-electron chi connectivity index (χ2n) is 11.5. The van der Waals surface area contributed by atoms with Crippen LogP contribution in [-0.2, 0) is 35.4 Å². The SMILES string of the molecule is CC(C)CN(C[C@@H](O)[C@H](Cc1ccccc1)NC(=O)[C@@H]1COCCN1)S(=O)(=O)c1ccc(C(=O)OC[C@H]2CNCCO2)cc1. The minimum atomic E-state index is -4.07. The lowest BCUT2D eigenvalue weighted by atomic mass is 10.0. The van der Waals surface area contributed by atoms with Gasteiger partial charge in [-0.15, -0.1) is 0 Å². The number of amides is 1. The number of esters is 1. The summed E-state index contributed by atoms with van der Waals surface area (Å²) in [5.41, 5.74) is 1.10. The number of nitrogens with one attached hydrogen (secondary N) is 3. The third-order valence-electron chi connectivity index (χ3n) is 7.42. The Morgan fingerprint density at radius 2 is 1.82 bits per heavy atom. The van der Waals surface area contributed by atoms with E-state index in [1.165, 1.54) is 28.6 Å².